The summed E-state index contributed by atoms with van der Waals surface area (Å²) in [5.41, 5.74) is 8.12. The van der Waals surface area contributed by atoms with Crippen LogP contribution in [0.3, 0.4) is 0 Å². The number of aryl methyl sites for hydroxylation is 1. The first-order valence-corrected chi connectivity index (χ1v) is 7.02. The van der Waals surface area contributed by atoms with Crippen molar-refractivity contribution in [3.63, 3.8) is 0 Å². The van der Waals surface area contributed by atoms with E-state index in [2.05, 4.69) is 9.55 Å². The summed E-state index contributed by atoms with van der Waals surface area (Å²) in [6, 6.07) is 5.03. The van der Waals surface area contributed by atoms with Gasteiger partial charge in [-0.15, -0.1) is 0 Å². The Kier molecular flexibility index (Phi) is 2.28. The summed E-state index contributed by atoms with van der Waals surface area (Å²) < 4.78 is 15.4. The van der Waals surface area contributed by atoms with Crippen LogP contribution in [0, 0.1) is 17.7 Å². The number of nitrogens with two attached hydrogens (primary N) is 1. The number of rotatable bonds is 1. The number of aromatic nitrogens is 2. The first-order chi connectivity index (χ1) is 9.15. The Morgan fingerprint density at radius 1 is 1.32 bits per heavy atom. The number of nitrogens with zero attached hydrogens (tertiary/aromatic N) is 2. The van der Waals surface area contributed by atoms with Crippen molar-refractivity contribution < 1.29 is 4.39 Å². The summed E-state index contributed by atoms with van der Waals surface area (Å²) in [5, 5.41) is 0. The third-order valence-electron chi connectivity index (χ3n) is 5.16. The zero-order valence-electron chi connectivity index (χ0n) is 11.0. The molecule has 1 heterocycles. The van der Waals surface area contributed by atoms with Crippen LogP contribution >= 0.6 is 0 Å². The van der Waals surface area contributed by atoms with Gasteiger partial charge in [-0.1, -0.05) is 0 Å². The molecule has 0 spiro atoms. The number of benzene rings is 1. The van der Waals surface area contributed by atoms with E-state index in [1.165, 1.54) is 31.4 Å². The summed E-state index contributed by atoms with van der Waals surface area (Å²) in [6.45, 7) is 0. The smallest absolute Gasteiger partial charge is 0.125 e. The van der Waals surface area contributed by atoms with Gasteiger partial charge in [-0.05, 0) is 43.2 Å². The van der Waals surface area contributed by atoms with E-state index in [9.17, 15) is 4.39 Å². The van der Waals surface area contributed by atoms with E-state index in [0.29, 0.717) is 17.8 Å². The lowest BCUT2D eigenvalue weighted by atomic mass is 9.84. The molecular formula is C15H18FN3. The van der Waals surface area contributed by atoms with Crippen LogP contribution in [-0.4, -0.2) is 15.6 Å². The molecule has 19 heavy (non-hydrogen) atoms. The van der Waals surface area contributed by atoms with Crippen LogP contribution in [0.1, 0.15) is 31.0 Å². The van der Waals surface area contributed by atoms with Gasteiger partial charge in [0.25, 0.3) is 0 Å². The number of hydrogen-bond acceptors (Lipinski definition) is 2. The molecule has 4 rings (SSSR count). The first-order valence-electron chi connectivity index (χ1n) is 7.02. The van der Waals surface area contributed by atoms with Crippen LogP contribution in [-0.2, 0) is 7.05 Å². The monoisotopic (exact) mass is 259 g/mol. The van der Waals surface area contributed by atoms with Gasteiger partial charge >= 0.3 is 0 Å². The number of halogens is 1. The zero-order chi connectivity index (χ0) is 13.1. The highest BCUT2D eigenvalue weighted by Gasteiger charge is 2.48. The fourth-order valence-electron chi connectivity index (χ4n) is 4.21. The minimum absolute atomic E-state index is 0.221. The number of hydrogen-bond donors (Lipinski definition) is 1. The lowest BCUT2D eigenvalue weighted by Crippen LogP contribution is -2.35. The molecule has 2 bridgehead atoms. The molecule has 4 atom stereocenters. The Labute approximate surface area is 111 Å². The van der Waals surface area contributed by atoms with Crippen molar-refractivity contribution in [1.29, 1.82) is 0 Å². The van der Waals surface area contributed by atoms with Gasteiger partial charge in [0.2, 0.25) is 0 Å². The van der Waals surface area contributed by atoms with E-state index in [1.807, 2.05) is 7.05 Å². The van der Waals surface area contributed by atoms with Crippen LogP contribution in [0.15, 0.2) is 18.2 Å². The molecule has 0 radical (unpaired) electrons. The standard InChI is InChI=1S/C15H18FN3/c1-19-12-5-4-10(16)7-11(12)18-15(19)13-8-2-3-9(6-8)14(13)17/h4-5,7-9,13-14H,2-3,6,17H2,1H3. The average Bonchev–Trinajstić information content (AvgIpc) is 3.04. The lowest BCUT2D eigenvalue weighted by molar-refractivity contribution is 0.350. The predicted molar refractivity (Wildman–Crippen MR) is 72.2 cm³/mol. The Bertz CT molecular complexity index is 646. The van der Waals surface area contributed by atoms with Crippen LogP contribution in [0.4, 0.5) is 4.39 Å². The molecule has 2 aliphatic carbocycles. The first kappa shape index (κ1) is 11.4. The molecule has 0 saturated heterocycles. The Morgan fingerprint density at radius 2 is 2.11 bits per heavy atom. The normalized spacial score (nSPS) is 33.4. The van der Waals surface area contributed by atoms with E-state index in [4.69, 9.17) is 5.73 Å². The Hall–Kier alpha value is -1.42. The second-order valence-corrected chi connectivity index (χ2v) is 6.10. The summed E-state index contributed by atoms with van der Waals surface area (Å²) in [4.78, 5) is 4.67. The fourth-order valence-corrected chi connectivity index (χ4v) is 4.21. The quantitative estimate of drug-likeness (QED) is 0.855. The van der Waals surface area contributed by atoms with Crippen molar-refractivity contribution in [3.05, 3.63) is 29.8 Å². The maximum absolute atomic E-state index is 13.3. The topological polar surface area (TPSA) is 43.8 Å². The highest BCUT2D eigenvalue weighted by atomic mass is 19.1. The molecule has 2 fully saturated rings. The molecule has 0 amide bonds. The minimum Gasteiger partial charge on any atom is -0.331 e. The summed E-state index contributed by atoms with van der Waals surface area (Å²) >= 11 is 0. The molecule has 2 aromatic rings. The van der Waals surface area contributed by atoms with Crippen LogP contribution in [0.25, 0.3) is 11.0 Å². The molecule has 2 saturated carbocycles. The maximum atomic E-state index is 13.3. The largest absolute Gasteiger partial charge is 0.331 e. The molecular weight excluding hydrogens is 241 g/mol. The highest BCUT2D eigenvalue weighted by Crippen LogP contribution is 2.52. The second kappa shape index (κ2) is 3.79. The molecule has 3 nitrogen and oxygen atoms in total. The summed E-state index contributed by atoms with van der Waals surface area (Å²) in [7, 11) is 2.02. The van der Waals surface area contributed by atoms with Crippen LogP contribution in [0.2, 0.25) is 0 Å². The number of fused-ring (bicyclic) bond motifs is 3. The van der Waals surface area contributed by atoms with Gasteiger partial charge in [-0.25, -0.2) is 9.37 Å². The highest BCUT2D eigenvalue weighted by molar-refractivity contribution is 5.76. The zero-order valence-corrected chi connectivity index (χ0v) is 11.0. The van der Waals surface area contributed by atoms with Crippen LogP contribution in [0.5, 0.6) is 0 Å². The van der Waals surface area contributed by atoms with Gasteiger partial charge in [-0.2, -0.15) is 0 Å². The van der Waals surface area contributed by atoms with E-state index in [0.717, 1.165) is 16.9 Å². The van der Waals surface area contributed by atoms with Crippen molar-refractivity contribution in [1.82, 2.24) is 9.55 Å². The van der Waals surface area contributed by atoms with E-state index < -0.39 is 0 Å². The molecule has 0 aliphatic heterocycles. The SMILES string of the molecule is Cn1c(C2C3CCC(C3)C2N)nc2cc(F)ccc21. The van der Waals surface area contributed by atoms with Gasteiger partial charge in [0.1, 0.15) is 11.6 Å². The van der Waals surface area contributed by atoms with Gasteiger partial charge in [0.15, 0.2) is 0 Å². The van der Waals surface area contributed by atoms with Crippen LogP contribution < -0.4 is 5.73 Å². The maximum Gasteiger partial charge on any atom is 0.125 e. The summed E-state index contributed by atoms with van der Waals surface area (Å²) in [5.74, 6) is 2.49. The average molecular weight is 259 g/mol. The van der Waals surface area contributed by atoms with Gasteiger partial charge in [0.05, 0.1) is 11.0 Å². The van der Waals surface area contributed by atoms with Crippen molar-refractivity contribution in [2.75, 3.05) is 0 Å². The lowest BCUT2D eigenvalue weighted by Gasteiger charge is -2.27. The molecule has 1 aromatic carbocycles. The van der Waals surface area contributed by atoms with Crippen molar-refractivity contribution in [2.45, 2.75) is 31.2 Å². The molecule has 1 aromatic heterocycles. The molecule has 2 aliphatic rings. The van der Waals surface area contributed by atoms with Crippen molar-refractivity contribution in [3.8, 4) is 0 Å². The Balaban J connectivity index is 1.85. The molecule has 100 valence electrons. The molecule has 4 unspecified atom stereocenters. The van der Waals surface area contributed by atoms with E-state index in [1.54, 1.807) is 6.07 Å². The van der Waals surface area contributed by atoms with Crippen molar-refractivity contribution in [2.24, 2.45) is 24.6 Å². The number of imidazole rings is 1. The molecule has 2 N–H and O–H groups in total. The Morgan fingerprint density at radius 3 is 2.84 bits per heavy atom. The van der Waals surface area contributed by atoms with E-state index >= 15 is 0 Å². The minimum atomic E-state index is -0.227. The van der Waals surface area contributed by atoms with Gasteiger partial charge in [0, 0.05) is 25.1 Å². The molecule has 4 heteroatoms. The summed E-state index contributed by atoms with van der Waals surface area (Å²) in [6.07, 6.45) is 3.77. The van der Waals surface area contributed by atoms with Gasteiger partial charge < -0.3 is 10.3 Å². The van der Waals surface area contributed by atoms with Gasteiger partial charge in [-0.3, -0.25) is 0 Å². The second-order valence-electron chi connectivity index (χ2n) is 6.10. The fraction of sp³-hybridized carbons (Fsp3) is 0.533. The third kappa shape index (κ3) is 1.49. The van der Waals surface area contributed by atoms with Crippen molar-refractivity contribution >= 4 is 11.0 Å². The third-order valence-corrected chi connectivity index (χ3v) is 5.16. The predicted octanol–water partition coefficient (Wildman–Crippen LogP) is 2.55. The van der Waals surface area contributed by atoms with E-state index in [-0.39, 0.29) is 11.9 Å².